The van der Waals surface area contributed by atoms with E-state index in [1.165, 1.54) is 19.1 Å². The lowest BCUT2D eigenvalue weighted by Gasteiger charge is -2.08. The van der Waals surface area contributed by atoms with E-state index in [-0.39, 0.29) is 17.3 Å². The fourth-order valence-electron chi connectivity index (χ4n) is 2.80. The first-order valence-electron chi connectivity index (χ1n) is 9.43. The molecule has 0 saturated heterocycles. The van der Waals surface area contributed by atoms with Crippen LogP contribution in [0.2, 0.25) is 0 Å². The van der Waals surface area contributed by atoms with Crippen LogP contribution < -0.4 is 14.8 Å². The molecule has 0 aliphatic carbocycles. The molecule has 2 aromatic carbocycles. The fourth-order valence-corrected chi connectivity index (χ4v) is 3.82. The maximum Gasteiger partial charge on any atom is 0.240 e. The second-order valence-corrected chi connectivity index (χ2v) is 8.53. The number of aryl methyl sites for hydroxylation is 1. The summed E-state index contributed by atoms with van der Waals surface area (Å²) in [5.41, 5.74) is 2.62. The van der Waals surface area contributed by atoms with Gasteiger partial charge in [-0.25, -0.2) is 13.1 Å². The zero-order chi connectivity index (χ0) is 22.4. The summed E-state index contributed by atoms with van der Waals surface area (Å²) in [6.45, 7) is 3.28. The molecule has 0 atom stereocenters. The average Bonchev–Trinajstić information content (AvgIpc) is 3.10. The second kappa shape index (κ2) is 9.59. The van der Waals surface area contributed by atoms with Gasteiger partial charge in [0.25, 0.3) is 0 Å². The highest BCUT2D eigenvalue weighted by molar-refractivity contribution is 7.89. The summed E-state index contributed by atoms with van der Waals surface area (Å²) in [6.07, 6.45) is 3.40. The van der Waals surface area contributed by atoms with Crippen molar-refractivity contribution in [3.8, 4) is 5.75 Å². The predicted molar refractivity (Wildman–Crippen MR) is 118 cm³/mol. The SMILES string of the molecule is COc1cccc(CNS(=O)(=O)c2ccc(C=Cc3onc(C)c3NC(C)=O)cc2)c1. The number of aromatic nitrogens is 1. The fraction of sp³-hybridized carbons (Fsp3) is 0.182. The summed E-state index contributed by atoms with van der Waals surface area (Å²) in [5, 5.41) is 6.53. The maximum atomic E-state index is 12.6. The number of hydrogen-bond donors (Lipinski definition) is 2. The van der Waals surface area contributed by atoms with Gasteiger partial charge in [0.05, 0.1) is 12.0 Å². The molecule has 3 aromatic rings. The molecule has 31 heavy (non-hydrogen) atoms. The molecule has 1 aromatic heterocycles. The van der Waals surface area contributed by atoms with E-state index in [0.717, 1.165) is 11.1 Å². The van der Waals surface area contributed by atoms with Gasteiger partial charge in [0, 0.05) is 13.5 Å². The molecule has 0 spiro atoms. The molecule has 0 radical (unpaired) electrons. The van der Waals surface area contributed by atoms with Crippen molar-refractivity contribution in [3.63, 3.8) is 0 Å². The van der Waals surface area contributed by atoms with E-state index in [9.17, 15) is 13.2 Å². The molecule has 9 heteroatoms. The van der Waals surface area contributed by atoms with Crippen LogP contribution in [0.3, 0.4) is 0 Å². The lowest BCUT2D eigenvalue weighted by Crippen LogP contribution is -2.23. The first-order chi connectivity index (χ1) is 14.8. The summed E-state index contributed by atoms with van der Waals surface area (Å²) in [7, 11) is -2.11. The van der Waals surface area contributed by atoms with E-state index >= 15 is 0 Å². The second-order valence-electron chi connectivity index (χ2n) is 6.77. The number of rotatable bonds is 8. The van der Waals surface area contributed by atoms with Crippen molar-refractivity contribution in [3.05, 3.63) is 71.1 Å². The molecule has 8 nitrogen and oxygen atoms in total. The van der Waals surface area contributed by atoms with Gasteiger partial charge in [0.2, 0.25) is 15.9 Å². The first-order valence-corrected chi connectivity index (χ1v) is 10.9. The van der Waals surface area contributed by atoms with Crippen LogP contribution in [0, 0.1) is 6.92 Å². The van der Waals surface area contributed by atoms with Gasteiger partial charge in [-0.05, 0) is 48.4 Å². The Morgan fingerprint density at radius 2 is 1.90 bits per heavy atom. The van der Waals surface area contributed by atoms with Crippen LogP contribution in [0.25, 0.3) is 12.2 Å². The number of nitrogens with zero attached hydrogens (tertiary/aromatic N) is 1. The van der Waals surface area contributed by atoms with Crippen molar-refractivity contribution in [1.29, 1.82) is 0 Å². The molecular weight excluding hydrogens is 418 g/mol. The molecule has 1 heterocycles. The minimum absolute atomic E-state index is 0.151. The Bertz CT molecular complexity index is 1200. The van der Waals surface area contributed by atoms with Gasteiger partial charge in [-0.1, -0.05) is 35.5 Å². The third-order valence-corrected chi connectivity index (χ3v) is 5.83. The van der Waals surface area contributed by atoms with E-state index in [1.54, 1.807) is 56.5 Å². The molecule has 0 aliphatic rings. The van der Waals surface area contributed by atoms with E-state index in [4.69, 9.17) is 9.26 Å². The predicted octanol–water partition coefficient (Wildman–Crippen LogP) is 3.60. The van der Waals surface area contributed by atoms with Crippen LogP contribution in [0.15, 0.2) is 57.9 Å². The lowest BCUT2D eigenvalue weighted by molar-refractivity contribution is -0.114. The number of carbonyl (C=O) groups is 1. The lowest BCUT2D eigenvalue weighted by atomic mass is 10.2. The number of hydrogen-bond acceptors (Lipinski definition) is 6. The largest absolute Gasteiger partial charge is 0.497 e. The van der Waals surface area contributed by atoms with E-state index in [0.29, 0.717) is 22.9 Å². The topological polar surface area (TPSA) is 111 Å². The van der Waals surface area contributed by atoms with Crippen LogP contribution in [0.5, 0.6) is 5.75 Å². The molecule has 2 N–H and O–H groups in total. The summed E-state index contributed by atoms with van der Waals surface area (Å²) in [5.74, 6) is 0.845. The highest BCUT2D eigenvalue weighted by Crippen LogP contribution is 2.23. The monoisotopic (exact) mass is 441 g/mol. The van der Waals surface area contributed by atoms with Gasteiger partial charge < -0.3 is 14.6 Å². The minimum Gasteiger partial charge on any atom is -0.497 e. The standard InChI is InChI=1S/C22H23N3O5S/c1-15-22(24-16(2)26)21(30-25-15)12-9-17-7-10-20(11-8-17)31(27,28)23-14-18-5-4-6-19(13-18)29-3/h4-13,23H,14H2,1-3H3,(H,24,26). The summed E-state index contributed by atoms with van der Waals surface area (Å²) < 4.78 is 38.1. The van der Waals surface area contributed by atoms with Gasteiger partial charge in [-0.3, -0.25) is 4.79 Å². The third-order valence-electron chi connectivity index (χ3n) is 4.41. The number of sulfonamides is 1. The van der Waals surface area contributed by atoms with Crippen LogP contribution in [0.1, 0.15) is 29.5 Å². The number of amides is 1. The Balaban J connectivity index is 1.69. The Morgan fingerprint density at radius 1 is 1.16 bits per heavy atom. The summed E-state index contributed by atoms with van der Waals surface area (Å²) in [6, 6.07) is 13.6. The molecule has 162 valence electrons. The number of nitrogens with one attached hydrogen (secondary N) is 2. The van der Waals surface area contributed by atoms with Crippen molar-refractivity contribution in [2.24, 2.45) is 0 Å². The number of carbonyl (C=O) groups excluding carboxylic acids is 1. The van der Waals surface area contributed by atoms with E-state index < -0.39 is 10.0 Å². The van der Waals surface area contributed by atoms with Gasteiger partial charge in [-0.15, -0.1) is 0 Å². The molecule has 0 unspecified atom stereocenters. The Hall–Kier alpha value is -3.43. The number of anilines is 1. The van der Waals surface area contributed by atoms with Crippen molar-refractivity contribution < 1.29 is 22.5 Å². The molecule has 3 rings (SSSR count). The van der Waals surface area contributed by atoms with Gasteiger partial charge >= 0.3 is 0 Å². The van der Waals surface area contributed by atoms with Gasteiger partial charge in [0.1, 0.15) is 17.1 Å². The van der Waals surface area contributed by atoms with E-state index in [2.05, 4.69) is 15.2 Å². The summed E-state index contributed by atoms with van der Waals surface area (Å²) in [4.78, 5) is 11.5. The quantitative estimate of drug-likeness (QED) is 0.553. The van der Waals surface area contributed by atoms with Crippen molar-refractivity contribution in [2.45, 2.75) is 25.3 Å². The van der Waals surface area contributed by atoms with Crippen molar-refractivity contribution in [1.82, 2.24) is 9.88 Å². The van der Waals surface area contributed by atoms with E-state index in [1.807, 2.05) is 6.07 Å². The smallest absolute Gasteiger partial charge is 0.240 e. The van der Waals surface area contributed by atoms with Crippen molar-refractivity contribution in [2.75, 3.05) is 12.4 Å². The highest BCUT2D eigenvalue weighted by atomic mass is 32.2. The zero-order valence-corrected chi connectivity index (χ0v) is 18.2. The first kappa shape index (κ1) is 22.3. The molecule has 0 aliphatic heterocycles. The van der Waals surface area contributed by atoms with Crippen LogP contribution in [-0.2, 0) is 21.4 Å². The van der Waals surface area contributed by atoms with Gasteiger partial charge in [0.15, 0.2) is 5.76 Å². The van der Waals surface area contributed by atoms with Crippen LogP contribution in [0.4, 0.5) is 5.69 Å². The normalized spacial score (nSPS) is 11.6. The van der Waals surface area contributed by atoms with Crippen LogP contribution in [-0.4, -0.2) is 26.6 Å². The van der Waals surface area contributed by atoms with Crippen LogP contribution >= 0.6 is 0 Å². The zero-order valence-electron chi connectivity index (χ0n) is 17.4. The Kier molecular flexibility index (Phi) is 6.88. The molecule has 1 amide bonds. The van der Waals surface area contributed by atoms with Crippen molar-refractivity contribution >= 4 is 33.8 Å². The molecule has 0 fully saturated rings. The minimum atomic E-state index is -3.67. The number of benzene rings is 2. The highest BCUT2D eigenvalue weighted by Gasteiger charge is 2.14. The number of ether oxygens (including phenoxy) is 1. The van der Waals surface area contributed by atoms with Gasteiger partial charge in [-0.2, -0.15) is 0 Å². The molecule has 0 saturated carbocycles. The Morgan fingerprint density at radius 3 is 2.58 bits per heavy atom. The average molecular weight is 442 g/mol. The molecule has 0 bridgehead atoms. The Labute approximate surface area is 181 Å². The third kappa shape index (κ3) is 5.80. The summed E-state index contributed by atoms with van der Waals surface area (Å²) >= 11 is 0. The number of methoxy groups -OCH3 is 1. The maximum absolute atomic E-state index is 12.6. The molecular formula is C22H23N3O5S.